The summed E-state index contributed by atoms with van der Waals surface area (Å²) in [6.07, 6.45) is 0. The normalized spacial score (nSPS) is 10.8. The first kappa shape index (κ1) is 13.4. The smallest absolute Gasteiger partial charge is 0.341 e. The van der Waals surface area contributed by atoms with Crippen LogP contribution in [-0.4, -0.2) is 0 Å². The van der Waals surface area contributed by atoms with E-state index in [0.717, 1.165) is 11.1 Å². The molecule has 0 spiro atoms. The van der Waals surface area contributed by atoms with Gasteiger partial charge < -0.3 is 9.73 Å². The van der Waals surface area contributed by atoms with Crippen molar-refractivity contribution in [3.8, 4) is 0 Å². The van der Waals surface area contributed by atoms with E-state index >= 15 is 0 Å². The first-order chi connectivity index (χ1) is 10.1. The van der Waals surface area contributed by atoms with Crippen molar-refractivity contribution in [3.05, 3.63) is 75.6 Å². The fourth-order valence-electron chi connectivity index (χ4n) is 2.43. The maximum Gasteiger partial charge on any atom is 0.341 e. The van der Waals surface area contributed by atoms with Gasteiger partial charge in [-0.15, -0.1) is 0 Å². The Labute approximate surface area is 123 Å². The molecule has 0 saturated carbocycles. The first-order valence-electron chi connectivity index (χ1n) is 6.96. The van der Waals surface area contributed by atoms with E-state index in [2.05, 4.69) is 31.3 Å². The van der Waals surface area contributed by atoms with E-state index in [-0.39, 0.29) is 5.63 Å². The number of para-hydroxylation sites is 1. The molecule has 0 unspecified atom stereocenters. The second-order valence-corrected chi connectivity index (χ2v) is 5.27. The van der Waals surface area contributed by atoms with Crippen LogP contribution in [0, 0.1) is 13.8 Å². The lowest BCUT2D eigenvalue weighted by molar-refractivity contribution is 0.552. The summed E-state index contributed by atoms with van der Waals surface area (Å²) in [6, 6.07) is 15.6. The van der Waals surface area contributed by atoms with E-state index in [9.17, 15) is 4.79 Å². The van der Waals surface area contributed by atoms with Crippen molar-refractivity contribution in [2.24, 2.45) is 0 Å². The number of hydrogen-bond donors (Lipinski definition) is 1. The van der Waals surface area contributed by atoms with Gasteiger partial charge in [-0.25, -0.2) is 4.79 Å². The van der Waals surface area contributed by atoms with Crippen molar-refractivity contribution in [2.45, 2.75) is 20.4 Å². The molecule has 3 rings (SSSR count). The minimum Gasteiger partial charge on any atom is -0.422 e. The summed E-state index contributed by atoms with van der Waals surface area (Å²) in [5.41, 5.74) is 4.40. The second kappa shape index (κ2) is 5.44. The van der Waals surface area contributed by atoms with Crippen LogP contribution in [-0.2, 0) is 6.54 Å². The van der Waals surface area contributed by atoms with E-state index in [1.807, 2.05) is 30.3 Å². The molecule has 3 nitrogen and oxygen atoms in total. The van der Waals surface area contributed by atoms with Crippen molar-refractivity contribution in [1.29, 1.82) is 0 Å². The van der Waals surface area contributed by atoms with Gasteiger partial charge in [0.05, 0.1) is 5.56 Å². The Bertz CT molecular complexity index is 849. The number of hydrogen-bond acceptors (Lipinski definition) is 3. The maximum atomic E-state index is 12.0. The van der Waals surface area contributed by atoms with Gasteiger partial charge in [0.2, 0.25) is 0 Å². The van der Waals surface area contributed by atoms with Crippen LogP contribution >= 0.6 is 0 Å². The summed E-state index contributed by atoms with van der Waals surface area (Å²) in [7, 11) is 0. The van der Waals surface area contributed by atoms with Crippen LogP contribution in [0.2, 0.25) is 0 Å². The highest BCUT2D eigenvalue weighted by atomic mass is 16.4. The molecule has 0 fully saturated rings. The van der Waals surface area contributed by atoms with Gasteiger partial charge in [-0.05, 0) is 37.6 Å². The molecule has 0 aliphatic rings. The van der Waals surface area contributed by atoms with Gasteiger partial charge in [0.15, 0.2) is 0 Å². The highest BCUT2D eigenvalue weighted by molar-refractivity contribution is 5.76. The lowest BCUT2D eigenvalue weighted by atomic mass is 10.1. The van der Waals surface area contributed by atoms with Crippen LogP contribution in [0.1, 0.15) is 16.7 Å². The molecule has 21 heavy (non-hydrogen) atoms. The molecule has 106 valence electrons. The topological polar surface area (TPSA) is 42.2 Å². The Morgan fingerprint density at radius 3 is 2.67 bits per heavy atom. The first-order valence-corrected chi connectivity index (χ1v) is 6.96. The lowest BCUT2D eigenvalue weighted by Gasteiger charge is -2.10. The molecule has 0 radical (unpaired) electrons. The van der Waals surface area contributed by atoms with Crippen molar-refractivity contribution >= 4 is 16.7 Å². The Morgan fingerprint density at radius 1 is 1.05 bits per heavy atom. The van der Waals surface area contributed by atoms with Crippen molar-refractivity contribution in [2.75, 3.05) is 5.32 Å². The molecule has 0 aliphatic heterocycles. The minimum atomic E-state index is -0.286. The number of rotatable bonds is 3. The molecular formula is C18H17NO2. The predicted octanol–water partition coefficient (Wildman–Crippen LogP) is 4.02. The lowest BCUT2D eigenvalue weighted by Crippen LogP contribution is -2.12. The highest BCUT2D eigenvalue weighted by Crippen LogP contribution is 2.18. The van der Waals surface area contributed by atoms with Gasteiger partial charge in [-0.1, -0.05) is 35.9 Å². The van der Waals surface area contributed by atoms with E-state index in [0.29, 0.717) is 17.7 Å². The monoisotopic (exact) mass is 279 g/mol. The summed E-state index contributed by atoms with van der Waals surface area (Å²) in [4.78, 5) is 12.0. The predicted molar refractivity (Wildman–Crippen MR) is 85.7 cm³/mol. The van der Waals surface area contributed by atoms with Crippen LogP contribution in [0.25, 0.3) is 11.0 Å². The van der Waals surface area contributed by atoms with Crippen LogP contribution in [0.5, 0.6) is 0 Å². The molecule has 3 heteroatoms. The van der Waals surface area contributed by atoms with E-state index in [4.69, 9.17) is 4.42 Å². The van der Waals surface area contributed by atoms with Crippen LogP contribution < -0.4 is 10.9 Å². The zero-order chi connectivity index (χ0) is 14.8. The molecule has 0 amide bonds. The molecule has 0 aliphatic carbocycles. The molecular weight excluding hydrogens is 262 g/mol. The van der Waals surface area contributed by atoms with Gasteiger partial charge in [-0.2, -0.15) is 0 Å². The van der Waals surface area contributed by atoms with Gasteiger partial charge >= 0.3 is 5.63 Å². The summed E-state index contributed by atoms with van der Waals surface area (Å²) in [5.74, 6) is 0. The number of fused-ring (bicyclic) bond motifs is 1. The zero-order valence-electron chi connectivity index (χ0n) is 12.1. The van der Waals surface area contributed by atoms with E-state index < -0.39 is 0 Å². The number of anilines is 1. The zero-order valence-corrected chi connectivity index (χ0v) is 12.1. The fraction of sp³-hybridized carbons (Fsp3) is 0.167. The Hall–Kier alpha value is -2.55. The van der Waals surface area contributed by atoms with Gasteiger partial charge in [0, 0.05) is 17.6 Å². The maximum absolute atomic E-state index is 12.0. The Morgan fingerprint density at radius 2 is 1.86 bits per heavy atom. The van der Waals surface area contributed by atoms with Crippen LogP contribution in [0.4, 0.5) is 5.69 Å². The van der Waals surface area contributed by atoms with Gasteiger partial charge in [-0.3, -0.25) is 0 Å². The number of benzene rings is 2. The third-order valence-electron chi connectivity index (χ3n) is 3.56. The van der Waals surface area contributed by atoms with Gasteiger partial charge in [0.25, 0.3) is 0 Å². The average Bonchev–Trinajstić information content (AvgIpc) is 2.46. The van der Waals surface area contributed by atoms with Gasteiger partial charge in [0.1, 0.15) is 5.58 Å². The van der Waals surface area contributed by atoms with Crippen LogP contribution in [0.3, 0.4) is 0 Å². The fourth-order valence-corrected chi connectivity index (χ4v) is 2.43. The average molecular weight is 279 g/mol. The van der Waals surface area contributed by atoms with E-state index in [1.54, 1.807) is 6.07 Å². The molecule has 1 aromatic heterocycles. The SMILES string of the molecule is Cc1ccc(NCc2cc3ccccc3oc2=O)c(C)c1. The molecule has 0 atom stereocenters. The van der Waals surface area contributed by atoms with Crippen LogP contribution in [0.15, 0.2) is 57.7 Å². The summed E-state index contributed by atoms with van der Waals surface area (Å²) in [5, 5.41) is 4.24. The highest BCUT2D eigenvalue weighted by Gasteiger charge is 2.05. The molecule has 2 aromatic carbocycles. The second-order valence-electron chi connectivity index (χ2n) is 5.27. The van der Waals surface area contributed by atoms with Crippen molar-refractivity contribution in [3.63, 3.8) is 0 Å². The standard InChI is InChI=1S/C18H17NO2/c1-12-7-8-16(13(2)9-12)19-11-15-10-14-5-3-4-6-17(14)21-18(15)20/h3-10,19H,11H2,1-2H3. The van der Waals surface area contributed by atoms with Crippen molar-refractivity contribution in [1.82, 2.24) is 0 Å². The molecule has 1 N–H and O–H groups in total. The minimum absolute atomic E-state index is 0.286. The third kappa shape index (κ3) is 2.82. The third-order valence-corrected chi connectivity index (χ3v) is 3.56. The Kier molecular flexibility index (Phi) is 3.48. The molecule has 0 saturated heterocycles. The number of aryl methyl sites for hydroxylation is 2. The van der Waals surface area contributed by atoms with Crippen molar-refractivity contribution < 1.29 is 4.42 Å². The summed E-state index contributed by atoms with van der Waals surface area (Å²) in [6.45, 7) is 4.57. The molecule has 0 bridgehead atoms. The van der Waals surface area contributed by atoms with E-state index in [1.165, 1.54) is 11.1 Å². The largest absolute Gasteiger partial charge is 0.422 e. The summed E-state index contributed by atoms with van der Waals surface area (Å²) < 4.78 is 5.34. The molecule has 3 aromatic rings. The quantitative estimate of drug-likeness (QED) is 0.736. The number of nitrogens with one attached hydrogen (secondary N) is 1. The Balaban J connectivity index is 1.88. The summed E-state index contributed by atoms with van der Waals surface area (Å²) >= 11 is 0. The molecule has 1 heterocycles.